The van der Waals surface area contributed by atoms with Crippen LogP contribution in [0, 0.1) is 13.8 Å². The molecule has 0 atom stereocenters. The first-order valence-electron chi connectivity index (χ1n) is 10.3. The normalized spacial score (nSPS) is 11.5. The first kappa shape index (κ1) is 18.2. The lowest BCUT2D eigenvalue weighted by atomic mass is 9.99. The molecule has 0 N–H and O–H groups in total. The van der Waals surface area contributed by atoms with Gasteiger partial charge in [0.05, 0.1) is 16.9 Å². The molecule has 0 fully saturated rings. The van der Waals surface area contributed by atoms with Crippen LogP contribution in [0.2, 0.25) is 0 Å². The number of fused-ring (bicyclic) bond motifs is 4. The van der Waals surface area contributed by atoms with Crippen molar-refractivity contribution in [1.82, 2.24) is 15.0 Å². The molecule has 148 valence electrons. The second-order valence-electron chi connectivity index (χ2n) is 7.91. The number of hydrogen-bond acceptors (Lipinski definition) is 4. The maximum Gasteiger partial charge on any atom is 0.116 e. The van der Waals surface area contributed by atoms with Crippen LogP contribution in [-0.4, -0.2) is 15.0 Å². The third-order valence-electron chi connectivity index (χ3n) is 5.80. The molecule has 0 aliphatic heterocycles. The Morgan fingerprint density at radius 3 is 2.58 bits per heavy atom. The fraction of sp³-hybridized carbons (Fsp3) is 0.0741. The van der Waals surface area contributed by atoms with Crippen molar-refractivity contribution in [1.29, 1.82) is 0 Å². The Morgan fingerprint density at radius 1 is 0.774 bits per heavy atom. The number of aromatic nitrogens is 3. The minimum Gasteiger partial charge on any atom is -0.256 e. The van der Waals surface area contributed by atoms with Crippen LogP contribution in [0.5, 0.6) is 0 Å². The summed E-state index contributed by atoms with van der Waals surface area (Å²) in [6, 6.07) is 23.4. The first-order chi connectivity index (χ1) is 15.2. The fourth-order valence-corrected chi connectivity index (χ4v) is 5.67. The zero-order valence-electron chi connectivity index (χ0n) is 17.3. The van der Waals surface area contributed by atoms with Crippen molar-refractivity contribution in [2.24, 2.45) is 0 Å². The third-order valence-corrected chi connectivity index (χ3v) is 7.01. The lowest BCUT2D eigenvalue weighted by Gasteiger charge is -2.09. The van der Waals surface area contributed by atoms with E-state index < -0.39 is 0 Å². The van der Waals surface area contributed by atoms with E-state index in [2.05, 4.69) is 72.3 Å². The van der Waals surface area contributed by atoms with Crippen molar-refractivity contribution in [3.05, 3.63) is 90.4 Å². The molecule has 0 amide bonds. The molecular weight excluding hydrogens is 398 g/mol. The van der Waals surface area contributed by atoms with E-state index in [9.17, 15) is 0 Å². The predicted molar refractivity (Wildman–Crippen MR) is 131 cm³/mol. The summed E-state index contributed by atoms with van der Waals surface area (Å²) in [6.07, 6.45) is 3.49. The highest BCUT2D eigenvalue weighted by atomic mass is 32.1. The highest BCUT2D eigenvalue weighted by Crippen LogP contribution is 2.42. The minimum absolute atomic E-state index is 0.931. The average molecular weight is 418 g/mol. The largest absolute Gasteiger partial charge is 0.256 e. The minimum atomic E-state index is 0.931. The van der Waals surface area contributed by atoms with Gasteiger partial charge >= 0.3 is 0 Å². The quantitative estimate of drug-likeness (QED) is 0.296. The van der Waals surface area contributed by atoms with E-state index in [4.69, 9.17) is 4.98 Å². The Balaban J connectivity index is 1.63. The second-order valence-corrected chi connectivity index (χ2v) is 8.96. The zero-order chi connectivity index (χ0) is 20.9. The van der Waals surface area contributed by atoms with Gasteiger partial charge in [-0.25, -0.2) is 9.97 Å². The number of benzene rings is 3. The molecule has 0 spiro atoms. The summed E-state index contributed by atoms with van der Waals surface area (Å²) < 4.78 is 2.60. The van der Waals surface area contributed by atoms with Crippen LogP contribution in [0.4, 0.5) is 0 Å². The standard InChI is InChI=1S/C27H19N3S/c1-16-12-20-25-17(2)6-5-8-24(25)31-27(20)21(13-16)26-19-10-9-18(14-23(19)29-15-30-26)22-7-3-4-11-28-22/h3-15H,1-2H3. The molecule has 0 radical (unpaired) electrons. The topological polar surface area (TPSA) is 38.7 Å². The van der Waals surface area contributed by atoms with Gasteiger partial charge in [-0.2, -0.15) is 0 Å². The van der Waals surface area contributed by atoms with Crippen molar-refractivity contribution in [3.63, 3.8) is 0 Å². The van der Waals surface area contributed by atoms with Crippen LogP contribution >= 0.6 is 11.3 Å². The maximum atomic E-state index is 4.74. The van der Waals surface area contributed by atoms with Crippen LogP contribution in [-0.2, 0) is 0 Å². The van der Waals surface area contributed by atoms with E-state index in [-0.39, 0.29) is 0 Å². The van der Waals surface area contributed by atoms with Crippen molar-refractivity contribution >= 4 is 42.4 Å². The van der Waals surface area contributed by atoms with Crippen molar-refractivity contribution in [3.8, 4) is 22.5 Å². The van der Waals surface area contributed by atoms with Gasteiger partial charge in [0, 0.05) is 42.9 Å². The van der Waals surface area contributed by atoms with E-state index in [1.165, 1.54) is 36.9 Å². The molecule has 6 rings (SSSR count). The SMILES string of the molecule is Cc1cc(-c2ncnc3cc(-c4ccccn4)ccc23)c2sc3cccc(C)c3c2c1. The maximum absolute atomic E-state index is 4.74. The van der Waals surface area contributed by atoms with Gasteiger partial charge in [-0.3, -0.25) is 4.98 Å². The molecule has 6 aromatic rings. The van der Waals surface area contributed by atoms with Crippen molar-refractivity contribution < 1.29 is 0 Å². The molecule has 4 heteroatoms. The Bertz CT molecular complexity index is 1600. The summed E-state index contributed by atoms with van der Waals surface area (Å²) in [5.41, 5.74) is 7.64. The average Bonchev–Trinajstić information content (AvgIpc) is 3.18. The molecule has 0 aliphatic rings. The zero-order valence-corrected chi connectivity index (χ0v) is 18.1. The van der Waals surface area contributed by atoms with Crippen LogP contribution in [0.15, 0.2) is 79.3 Å². The van der Waals surface area contributed by atoms with Crippen LogP contribution < -0.4 is 0 Å². The molecule has 3 aromatic carbocycles. The summed E-state index contributed by atoms with van der Waals surface area (Å²) in [7, 11) is 0. The molecule has 0 aliphatic carbocycles. The molecule has 3 nitrogen and oxygen atoms in total. The van der Waals surface area contributed by atoms with E-state index in [0.717, 1.165) is 27.9 Å². The van der Waals surface area contributed by atoms with Gasteiger partial charge in [0.15, 0.2) is 0 Å². The predicted octanol–water partition coefficient (Wildman–Crippen LogP) is 7.34. The van der Waals surface area contributed by atoms with E-state index in [1.807, 2.05) is 35.7 Å². The van der Waals surface area contributed by atoms with Gasteiger partial charge in [0.1, 0.15) is 6.33 Å². The van der Waals surface area contributed by atoms with E-state index >= 15 is 0 Å². The van der Waals surface area contributed by atoms with Gasteiger partial charge in [-0.1, -0.05) is 24.3 Å². The fourth-order valence-electron chi connectivity index (χ4n) is 4.39. The van der Waals surface area contributed by atoms with Crippen LogP contribution in [0.25, 0.3) is 53.6 Å². The molecule has 0 unspecified atom stereocenters. The van der Waals surface area contributed by atoms with Gasteiger partial charge in [-0.05, 0) is 67.4 Å². The van der Waals surface area contributed by atoms with Crippen LogP contribution in [0.1, 0.15) is 11.1 Å². The number of nitrogens with zero attached hydrogens (tertiary/aromatic N) is 3. The second kappa shape index (κ2) is 6.96. The smallest absolute Gasteiger partial charge is 0.116 e. The number of aryl methyl sites for hydroxylation is 2. The summed E-state index contributed by atoms with van der Waals surface area (Å²) in [5, 5.41) is 3.72. The van der Waals surface area contributed by atoms with Gasteiger partial charge in [-0.15, -0.1) is 11.3 Å². The molecule has 3 heterocycles. The molecule has 3 aromatic heterocycles. The number of pyridine rings is 1. The Kier molecular flexibility index (Phi) is 4.08. The lowest BCUT2D eigenvalue weighted by Crippen LogP contribution is -1.91. The van der Waals surface area contributed by atoms with Gasteiger partial charge < -0.3 is 0 Å². The lowest BCUT2D eigenvalue weighted by molar-refractivity contribution is 1.22. The Morgan fingerprint density at radius 2 is 1.71 bits per heavy atom. The molecule has 0 saturated heterocycles. The molecule has 0 saturated carbocycles. The highest BCUT2D eigenvalue weighted by molar-refractivity contribution is 7.26. The summed E-state index contributed by atoms with van der Waals surface area (Å²) >= 11 is 1.84. The summed E-state index contributed by atoms with van der Waals surface area (Å²) in [6.45, 7) is 4.35. The number of rotatable bonds is 2. The van der Waals surface area contributed by atoms with Crippen molar-refractivity contribution in [2.75, 3.05) is 0 Å². The highest BCUT2D eigenvalue weighted by Gasteiger charge is 2.16. The van der Waals surface area contributed by atoms with Crippen LogP contribution in [0.3, 0.4) is 0 Å². The molecule has 31 heavy (non-hydrogen) atoms. The van der Waals surface area contributed by atoms with Gasteiger partial charge in [0.2, 0.25) is 0 Å². The molecular formula is C27H19N3S. The molecule has 0 bridgehead atoms. The Hall–Kier alpha value is -3.63. The van der Waals surface area contributed by atoms with E-state index in [1.54, 1.807) is 6.33 Å². The summed E-state index contributed by atoms with van der Waals surface area (Å²) in [5.74, 6) is 0. The third kappa shape index (κ3) is 2.91. The number of thiophene rings is 1. The van der Waals surface area contributed by atoms with Crippen molar-refractivity contribution in [2.45, 2.75) is 13.8 Å². The number of hydrogen-bond donors (Lipinski definition) is 0. The first-order valence-corrected chi connectivity index (χ1v) is 11.1. The van der Waals surface area contributed by atoms with E-state index in [0.29, 0.717) is 0 Å². The summed E-state index contributed by atoms with van der Waals surface area (Å²) in [4.78, 5) is 13.8. The Labute approximate surface area is 184 Å². The monoisotopic (exact) mass is 417 g/mol. The van der Waals surface area contributed by atoms with Gasteiger partial charge in [0.25, 0.3) is 0 Å².